The fraction of sp³-hybridized carbons (Fsp3) is 0.500. The number of amides is 1. The predicted molar refractivity (Wildman–Crippen MR) is 105 cm³/mol. The van der Waals surface area contributed by atoms with Gasteiger partial charge < -0.3 is 9.88 Å². The van der Waals surface area contributed by atoms with Gasteiger partial charge in [0.05, 0.1) is 0 Å². The Balaban J connectivity index is 1.52. The maximum Gasteiger partial charge on any atom is 0.307 e. The van der Waals surface area contributed by atoms with Gasteiger partial charge in [-0.2, -0.15) is 0 Å². The second kappa shape index (κ2) is 9.14. The van der Waals surface area contributed by atoms with Gasteiger partial charge in [-0.15, -0.1) is 0 Å². The summed E-state index contributed by atoms with van der Waals surface area (Å²) in [5.74, 6) is -0.0183. The number of hydrogen-bond donors (Lipinski definition) is 1. The Morgan fingerprint density at radius 2 is 1.88 bits per heavy atom. The number of hydrogen-bond acceptors (Lipinski definition) is 4. The monoisotopic (exact) mass is 373 g/mol. The molecule has 1 aromatic heterocycles. The molecule has 6 heteroatoms. The molecule has 0 radical (unpaired) electrons. The first-order valence-electron chi connectivity index (χ1n) is 9.34. The van der Waals surface area contributed by atoms with Crippen LogP contribution in [0, 0.1) is 6.92 Å². The Hall–Kier alpha value is -1.92. The topological polar surface area (TPSA) is 54.3 Å². The van der Waals surface area contributed by atoms with Crippen LogP contribution in [0.4, 0.5) is 0 Å². The van der Waals surface area contributed by atoms with E-state index in [-0.39, 0.29) is 10.8 Å². The molecule has 1 fully saturated rings. The van der Waals surface area contributed by atoms with Crippen molar-refractivity contribution in [1.29, 1.82) is 0 Å². The van der Waals surface area contributed by atoms with Crippen molar-refractivity contribution < 1.29 is 4.79 Å². The molecule has 1 aliphatic heterocycles. The zero-order chi connectivity index (χ0) is 18.4. The van der Waals surface area contributed by atoms with Crippen LogP contribution in [0.3, 0.4) is 0 Å². The quantitative estimate of drug-likeness (QED) is 0.812. The van der Waals surface area contributed by atoms with E-state index in [9.17, 15) is 9.59 Å². The highest BCUT2D eigenvalue weighted by Crippen LogP contribution is 2.16. The molecule has 0 bridgehead atoms. The van der Waals surface area contributed by atoms with E-state index < -0.39 is 0 Å². The van der Waals surface area contributed by atoms with Crippen LogP contribution in [-0.2, 0) is 24.4 Å². The summed E-state index contributed by atoms with van der Waals surface area (Å²) in [4.78, 5) is 26.4. The number of aryl methyl sites for hydroxylation is 1. The summed E-state index contributed by atoms with van der Waals surface area (Å²) in [7, 11) is 0. The van der Waals surface area contributed by atoms with E-state index >= 15 is 0 Å². The van der Waals surface area contributed by atoms with Crippen molar-refractivity contribution in [3.63, 3.8) is 0 Å². The van der Waals surface area contributed by atoms with Crippen molar-refractivity contribution in [2.75, 3.05) is 13.1 Å². The van der Waals surface area contributed by atoms with E-state index in [0.717, 1.165) is 25.3 Å². The Morgan fingerprint density at radius 1 is 1.15 bits per heavy atom. The molecule has 0 unspecified atom stereocenters. The predicted octanol–water partition coefficient (Wildman–Crippen LogP) is 2.91. The Bertz CT molecular complexity index is 790. The van der Waals surface area contributed by atoms with Crippen LogP contribution >= 0.6 is 11.3 Å². The van der Waals surface area contributed by atoms with Crippen LogP contribution in [0.2, 0.25) is 0 Å². The van der Waals surface area contributed by atoms with Crippen molar-refractivity contribution in [2.45, 2.75) is 52.2 Å². The molecular formula is C20H27N3O2S. The third kappa shape index (κ3) is 5.05. The fourth-order valence-electron chi connectivity index (χ4n) is 3.41. The number of benzene rings is 1. The fourth-order valence-corrected chi connectivity index (χ4v) is 4.17. The highest BCUT2D eigenvalue weighted by Gasteiger charge is 2.13. The smallest absolute Gasteiger partial charge is 0.307 e. The van der Waals surface area contributed by atoms with E-state index in [1.807, 2.05) is 18.4 Å². The molecule has 1 saturated heterocycles. The molecule has 3 rings (SSSR count). The number of rotatable bonds is 7. The lowest BCUT2D eigenvalue weighted by Crippen LogP contribution is -2.30. The van der Waals surface area contributed by atoms with Gasteiger partial charge in [-0.05, 0) is 44.0 Å². The second-order valence-electron chi connectivity index (χ2n) is 6.93. The average Bonchev–Trinajstić information content (AvgIpc) is 2.98. The van der Waals surface area contributed by atoms with E-state index in [1.165, 1.54) is 41.7 Å². The lowest BCUT2D eigenvalue weighted by molar-refractivity contribution is -0.121. The molecule has 1 amide bonds. The van der Waals surface area contributed by atoms with E-state index in [0.29, 0.717) is 19.5 Å². The van der Waals surface area contributed by atoms with Crippen LogP contribution in [0.15, 0.2) is 34.4 Å². The summed E-state index contributed by atoms with van der Waals surface area (Å²) in [5.41, 5.74) is 3.38. The van der Waals surface area contributed by atoms with Gasteiger partial charge in [0, 0.05) is 37.1 Å². The number of carbonyl (C=O) groups is 1. The van der Waals surface area contributed by atoms with Crippen molar-refractivity contribution >= 4 is 17.2 Å². The summed E-state index contributed by atoms with van der Waals surface area (Å²) in [6.45, 7) is 6.16. The number of thiazole rings is 1. The van der Waals surface area contributed by atoms with Crippen molar-refractivity contribution in [1.82, 2.24) is 14.8 Å². The molecule has 0 atom stereocenters. The molecule has 1 N–H and O–H groups in total. The van der Waals surface area contributed by atoms with Gasteiger partial charge in [-0.1, -0.05) is 42.0 Å². The molecule has 0 spiro atoms. The lowest BCUT2D eigenvalue weighted by Gasteiger charge is -2.27. The Kier molecular flexibility index (Phi) is 6.63. The Labute approximate surface area is 158 Å². The third-order valence-corrected chi connectivity index (χ3v) is 5.86. The van der Waals surface area contributed by atoms with Crippen molar-refractivity contribution in [3.05, 3.63) is 56.1 Å². The van der Waals surface area contributed by atoms with E-state index in [1.54, 1.807) is 4.57 Å². The first-order valence-corrected chi connectivity index (χ1v) is 10.2. The number of nitrogens with one attached hydrogen (secondary N) is 1. The maximum atomic E-state index is 12.2. The zero-order valence-corrected chi connectivity index (χ0v) is 16.2. The Morgan fingerprint density at radius 3 is 2.58 bits per heavy atom. The number of nitrogens with zero attached hydrogens (tertiary/aromatic N) is 2. The van der Waals surface area contributed by atoms with Gasteiger partial charge in [0.2, 0.25) is 5.91 Å². The van der Waals surface area contributed by atoms with Crippen molar-refractivity contribution in [3.8, 4) is 0 Å². The minimum atomic E-state index is -0.0183. The van der Waals surface area contributed by atoms with Crippen LogP contribution in [-0.4, -0.2) is 28.5 Å². The minimum absolute atomic E-state index is 0.00202. The summed E-state index contributed by atoms with van der Waals surface area (Å²) < 4.78 is 1.66. The van der Waals surface area contributed by atoms with Gasteiger partial charge in [0.1, 0.15) is 0 Å². The van der Waals surface area contributed by atoms with E-state index in [4.69, 9.17) is 0 Å². The second-order valence-corrected chi connectivity index (χ2v) is 7.75. The number of likely N-dealkylation sites (tertiary alicyclic amines) is 1. The minimum Gasteiger partial charge on any atom is -0.352 e. The number of piperidine rings is 1. The van der Waals surface area contributed by atoms with Crippen LogP contribution < -0.4 is 10.2 Å². The van der Waals surface area contributed by atoms with Gasteiger partial charge >= 0.3 is 4.87 Å². The standard InChI is InChI=1S/C20H27N3O2S/c1-16-15-26-20(25)23(16)12-9-19(24)21-13-17-7-3-4-8-18(17)14-22-10-5-2-6-11-22/h3-4,7-8,15H,2,5-6,9-14H2,1H3,(H,21,24). The highest BCUT2D eigenvalue weighted by molar-refractivity contribution is 7.07. The van der Waals surface area contributed by atoms with Crippen LogP contribution in [0.5, 0.6) is 0 Å². The van der Waals surface area contributed by atoms with Gasteiger partial charge in [0.15, 0.2) is 0 Å². The molecule has 140 valence electrons. The molecule has 2 heterocycles. The first-order chi connectivity index (χ1) is 12.6. The zero-order valence-electron chi connectivity index (χ0n) is 15.4. The summed E-state index contributed by atoms with van der Waals surface area (Å²) in [5, 5.41) is 4.84. The summed E-state index contributed by atoms with van der Waals surface area (Å²) in [6, 6.07) is 8.34. The molecule has 2 aromatic rings. The molecular weight excluding hydrogens is 346 g/mol. The molecule has 26 heavy (non-hydrogen) atoms. The van der Waals surface area contributed by atoms with Gasteiger partial charge in [0.25, 0.3) is 0 Å². The molecule has 1 aromatic carbocycles. The highest BCUT2D eigenvalue weighted by atomic mass is 32.1. The van der Waals surface area contributed by atoms with Gasteiger partial charge in [-0.25, -0.2) is 0 Å². The van der Waals surface area contributed by atoms with Crippen LogP contribution in [0.1, 0.15) is 42.5 Å². The van der Waals surface area contributed by atoms with Crippen LogP contribution in [0.25, 0.3) is 0 Å². The molecule has 1 aliphatic rings. The average molecular weight is 374 g/mol. The molecule has 5 nitrogen and oxygen atoms in total. The van der Waals surface area contributed by atoms with E-state index in [2.05, 4.69) is 28.4 Å². The molecule has 0 saturated carbocycles. The van der Waals surface area contributed by atoms with Crippen molar-refractivity contribution in [2.24, 2.45) is 0 Å². The molecule has 0 aliphatic carbocycles. The largest absolute Gasteiger partial charge is 0.352 e. The number of aromatic nitrogens is 1. The third-order valence-electron chi connectivity index (χ3n) is 4.98. The summed E-state index contributed by atoms with van der Waals surface area (Å²) >= 11 is 1.18. The maximum absolute atomic E-state index is 12.2. The number of carbonyl (C=O) groups excluding carboxylic acids is 1. The normalized spacial score (nSPS) is 15.1. The lowest BCUT2D eigenvalue weighted by atomic mass is 10.0. The first kappa shape index (κ1) is 18.9. The summed E-state index contributed by atoms with van der Waals surface area (Å²) in [6.07, 6.45) is 4.22. The SMILES string of the molecule is Cc1csc(=O)n1CCC(=O)NCc1ccccc1CN1CCCCC1. The van der Waals surface area contributed by atoms with Gasteiger partial charge in [-0.3, -0.25) is 14.5 Å².